The van der Waals surface area contributed by atoms with Crippen LogP contribution in [0.25, 0.3) is 0 Å². The van der Waals surface area contributed by atoms with Gasteiger partial charge in [-0.25, -0.2) is 0 Å². The van der Waals surface area contributed by atoms with Crippen LogP contribution in [0.3, 0.4) is 0 Å². The van der Waals surface area contributed by atoms with Crippen LogP contribution in [-0.4, -0.2) is 0 Å². The molecule has 0 bridgehead atoms. The van der Waals surface area contributed by atoms with Crippen molar-refractivity contribution in [3.05, 3.63) is 0 Å². The van der Waals surface area contributed by atoms with E-state index in [1.165, 1.54) is 25.7 Å². The van der Waals surface area contributed by atoms with E-state index in [4.69, 9.17) is 5.16 Å². The van der Waals surface area contributed by atoms with E-state index in [1.807, 2.05) is 0 Å². The molecule has 1 N–H and O–H groups in total. The Labute approximate surface area is 249 Å². The molecule has 0 aliphatic rings. The average Bonchev–Trinajstić information content (AvgIpc) is 2.91. The molecule has 0 fully saturated rings. The molecular weight excluding hydrogens is 477 g/mol. The second-order valence-electron chi connectivity index (χ2n) is 14.0. The molecule has 1 nitrogen and oxygen atoms in total. The van der Waals surface area contributed by atoms with E-state index in [0.717, 1.165) is 71.0 Å². The van der Waals surface area contributed by atoms with Gasteiger partial charge in [-0.3, -0.25) is 5.16 Å². The van der Waals surface area contributed by atoms with Crippen LogP contribution in [-0.2, 0) is 0 Å². The fraction of sp³-hybridized carbons (Fsp3) is 1.00. The fourth-order valence-corrected chi connectivity index (χ4v) is 4.12. The van der Waals surface area contributed by atoms with Crippen molar-refractivity contribution in [2.75, 3.05) is 0 Å². The molecule has 0 heterocycles. The third-order valence-corrected chi connectivity index (χ3v) is 10.4. The summed E-state index contributed by atoms with van der Waals surface area (Å²) in [5.74, 6) is 10.5. The Morgan fingerprint density at radius 1 is 0.316 bits per heavy atom. The van der Waals surface area contributed by atoms with Crippen LogP contribution >= 0.6 is 9.03 Å². The molecule has 0 radical (unpaired) electrons. The largest absolute Gasteiger partial charge is 0.287 e. The Morgan fingerprint density at radius 2 is 0.421 bits per heavy atom. The Morgan fingerprint density at radius 3 is 0.447 bits per heavy atom. The van der Waals surface area contributed by atoms with Crippen molar-refractivity contribution in [3.8, 4) is 0 Å². The van der Waals surface area contributed by atoms with Crippen molar-refractivity contribution in [3.63, 3.8) is 0 Å². The first-order chi connectivity index (χ1) is 17.4. The van der Waals surface area contributed by atoms with Crippen LogP contribution in [0.15, 0.2) is 0 Å². The standard InChI is InChI=1S/4C9H20.H2NP/c4*1-6-8(4)9(5)7(2)3;1-2/h4*7-9H,6H2,1-5H3;1-2H. The van der Waals surface area contributed by atoms with Gasteiger partial charge in [-0.15, -0.1) is 0 Å². The zero-order valence-corrected chi connectivity index (χ0v) is 31.8. The summed E-state index contributed by atoms with van der Waals surface area (Å²) in [7, 11) is 2.22. The first-order valence-corrected chi connectivity index (χ1v) is 17.1. The summed E-state index contributed by atoms with van der Waals surface area (Å²) >= 11 is 0. The summed E-state index contributed by atoms with van der Waals surface area (Å²) in [5, 5.41) is 5.56. The minimum atomic E-state index is 0.847. The molecule has 0 saturated heterocycles. The lowest BCUT2D eigenvalue weighted by Gasteiger charge is -2.21. The minimum Gasteiger partial charge on any atom is -0.287 e. The van der Waals surface area contributed by atoms with E-state index in [9.17, 15) is 0 Å². The summed E-state index contributed by atoms with van der Waals surface area (Å²) in [5.41, 5.74) is 0. The lowest BCUT2D eigenvalue weighted by Crippen LogP contribution is -2.12. The average molecular weight is 560 g/mol. The van der Waals surface area contributed by atoms with Gasteiger partial charge in [-0.2, -0.15) is 0 Å². The minimum absolute atomic E-state index is 0.847. The van der Waals surface area contributed by atoms with Crippen molar-refractivity contribution in [2.45, 2.75) is 164 Å². The molecule has 38 heavy (non-hydrogen) atoms. The molecule has 8 unspecified atom stereocenters. The molecule has 0 saturated carbocycles. The molecule has 0 rings (SSSR count). The summed E-state index contributed by atoms with van der Waals surface area (Å²) < 4.78 is 0. The predicted molar refractivity (Wildman–Crippen MR) is 185 cm³/mol. The molecule has 0 aliphatic carbocycles. The van der Waals surface area contributed by atoms with Gasteiger partial charge in [0.05, 0.1) is 0 Å². The topological polar surface area (TPSA) is 23.9 Å². The second kappa shape index (κ2) is 30.1. The molecule has 8 atom stereocenters. The van der Waals surface area contributed by atoms with E-state index in [2.05, 4.69) is 148 Å². The monoisotopic (exact) mass is 560 g/mol. The van der Waals surface area contributed by atoms with E-state index < -0.39 is 0 Å². The first kappa shape index (κ1) is 47.9. The lowest BCUT2D eigenvalue weighted by molar-refractivity contribution is 0.289. The maximum absolute atomic E-state index is 5.56. The zero-order chi connectivity index (χ0) is 31.8. The summed E-state index contributed by atoms with van der Waals surface area (Å²) in [6, 6.07) is 0. The van der Waals surface area contributed by atoms with Gasteiger partial charge in [-0.1, -0.05) is 164 Å². The van der Waals surface area contributed by atoms with Crippen LogP contribution in [0.1, 0.15) is 164 Å². The fourth-order valence-electron chi connectivity index (χ4n) is 4.12. The maximum atomic E-state index is 5.56. The Bertz CT molecular complexity index is 365. The second-order valence-corrected chi connectivity index (χ2v) is 14.0. The molecule has 236 valence electrons. The molecule has 0 spiro atoms. The number of rotatable bonds is 12. The molecule has 0 aromatic carbocycles. The van der Waals surface area contributed by atoms with Crippen LogP contribution in [0.4, 0.5) is 0 Å². The predicted octanol–water partition coefficient (Wildman–Crippen LogP) is 14.2. The highest BCUT2D eigenvalue weighted by Gasteiger charge is 2.14. The van der Waals surface area contributed by atoms with E-state index in [-0.39, 0.29) is 0 Å². The summed E-state index contributed by atoms with van der Waals surface area (Å²) in [6.45, 7) is 46.2. The third-order valence-electron chi connectivity index (χ3n) is 10.4. The van der Waals surface area contributed by atoms with Gasteiger partial charge in [-0.05, 0) is 80.0 Å². The first-order valence-electron chi connectivity index (χ1n) is 16.6. The number of hydrogen-bond acceptors (Lipinski definition) is 1. The van der Waals surface area contributed by atoms with Crippen molar-refractivity contribution in [1.29, 1.82) is 5.16 Å². The van der Waals surface area contributed by atoms with Crippen LogP contribution in [0.2, 0.25) is 0 Å². The van der Waals surface area contributed by atoms with E-state index >= 15 is 0 Å². The Hall–Kier alpha value is 0.100. The van der Waals surface area contributed by atoms with Crippen LogP contribution in [0.5, 0.6) is 0 Å². The number of nitrogens with one attached hydrogen (secondary N) is 1. The lowest BCUT2D eigenvalue weighted by atomic mass is 9.85. The Kier molecular flexibility index (Phi) is 37.9. The van der Waals surface area contributed by atoms with Crippen molar-refractivity contribution in [2.24, 2.45) is 71.0 Å². The van der Waals surface area contributed by atoms with Crippen LogP contribution < -0.4 is 0 Å². The molecule has 0 aliphatic heterocycles. The zero-order valence-electron chi connectivity index (χ0n) is 30.8. The van der Waals surface area contributed by atoms with Crippen LogP contribution in [0, 0.1) is 76.2 Å². The highest BCUT2D eigenvalue weighted by molar-refractivity contribution is 7.02. The molecule has 2 heteroatoms. The summed E-state index contributed by atoms with van der Waals surface area (Å²) in [4.78, 5) is 0. The quantitative estimate of drug-likeness (QED) is 0.230. The van der Waals surface area contributed by atoms with Crippen molar-refractivity contribution in [1.82, 2.24) is 0 Å². The van der Waals surface area contributed by atoms with Gasteiger partial charge >= 0.3 is 0 Å². The highest BCUT2D eigenvalue weighted by atomic mass is 31.0. The highest BCUT2D eigenvalue weighted by Crippen LogP contribution is 2.24. The van der Waals surface area contributed by atoms with Gasteiger partial charge in [0.15, 0.2) is 0 Å². The third kappa shape index (κ3) is 27.7. The smallest absolute Gasteiger partial charge is 0.0185 e. The van der Waals surface area contributed by atoms with Gasteiger partial charge in [0, 0.05) is 0 Å². The van der Waals surface area contributed by atoms with E-state index in [1.54, 1.807) is 0 Å². The van der Waals surface area contributed by atoms with Gasteiger partial charge in [0.25, 0.3) is 0 Å². The normalized spacial score (nSPS) is 17.2. The number of hydrogen-bond donors (Lipinski definition) is 1. The van der Waals surface area contributed by atoms with Crippen molar-refractivity contribution >= 4 is 9.03 Å². The Balaban J connectivity index is -0.000000124. The summed E-state index contributed by atoms with van der Waals surface area (Å²) in [6.07, 6.45) is 5.28. The van der Waals surface area contributed by atoms with E-state index in [0.29, 0.717) is 0 Å². The van der Waals surface area contributed by atoms with Gasteiger partial charge < -0.3 is 0 Å². The molecular formula is C36H82NP. The SMILES string of the molecule is CCC(C)C(C)C(C)C.CCC(C)C(C)C(C)C.CCC(C)C(C)C(C)C.CCC(C)C(C)C(C)C.N=P. The van der Waals surface area contributed by atoms with Crippen molar-refractivity contribution < 1.29 is 0 Å². The molecule has 0 amide bonds. The maximum Gasteiger partial charge on any atom is -0.0185 e. The molecule has 0 aromatic heterocycles. The van der Waals surface area contributed by atoms with Gasteiger partial charge in [0.2, 0.25) is 0 Å². The van der Waals surface area contributed by atoms with Gasteiger partial charge in [0.1, 0.15) is 0 Å². The molecule has 0 aromatic rings.